The number of rotatable bonds is 1. The Labute approximate surface area is 134 Å². The van der Waals surface area contributed by atoms with Crippen molar-refractivity contribution in [2.45, 2.75) is 46.2 Å². The molecule has 0 saturated carbocycles. The summed E-state index contributed by atoms with van der Waals surface area (Å²) in [6.07, 6.45) is 2.16. The van der Waals surface area contributed by atoms with Gasteiger partial charge in [-0.1, -0.05) is 18.2 Å². The molecule has 0 fully saturated rings. The number of hydrogen-bond acceptors (Lipinski definition) is 3. The van der Waals surface area contributed by atoms with Crippen molar-refractivity contribution < 1.29 is 9.53 Å². The Bertz CT molecular complexity index is 488. The van der Waals surface area contributed by atoms with Gasteiger partial charge < -0.3 is 9.64 Å². The van der Waals surface area contributed by atoms with E-state index in [-0.39, 0.29) is 5.91 Å². The Morgan fingerprint density at radius 2 is 1.86 bits per heavy atom. The van der Waals surface area contributed by atoms with Crippen molar-refractivity contribution in [3.63, 3.8) is 0 Å². The number of hydrogen-bond donors (Lipinski definition) is 0. The molecule has 1 amide bonds. The number of carbonyl (C=O) groups is 1. The number of fused-ring (bicyclic) bond motifs is 1. The summed E-state index contributed by atoms with van der Waals surface area (Å²) in [6, 6.07) is 8.57. The van der Waals surface area contributed by atoms with Crippen molar-refractivity contribution in [3.8, 4) is 5.75 Å². The van der Waals surface area contributed by atoms with Crippen LogP contribution in [-0.2, 0) is 11.3 Å². The highest BCUT2D eigenvalue weighted by Crippen LogP contribution is 2.21. The van der Waals surface area contributed by atoms with Gasteiger partial charge in [-0.25, -0.2) is 0 Å². The summed E-state index contributed by atoms with van der Waals surface area (Å²) in [6.45, 7) is 10.3. The third-order valence-electron chi connectivity index (χ3n) is 4.27. The Morgan fingerprint density at radius 3 is 2.59 bits per heavy atom. The first-order chi connectivity index (χ1) is 10.6. The maximum Gasteiger partial charge on any atom is 0.219 e. The maximum atomic E-state index is 11.9. The molecule has 0 atom stereocenters. The lowest BCUT2D eigenvalue weighted by Gasteiger charge is -2.29. The SMILES string of the molecule is CC(=O)N1CCCCN(C(C)C)CCOc2ccccc2C1. The van der Waals surface area contributed by atoms with Crippen LogP contribution in [0.3, 0.4) is 0 Å². The molecule has 0 spiro atoms. The van der Waals surface area contributed by atoms with E-state index in [0.29, 0.717) is 19.2 Å². The fraction of sp³-hybridized carbons (Fsp3) is 0.611. The monoisotopic (exact) mass is 304 g/mol. The van der Waals surface area contributed by atoms with Crippen LogP contribution in [0, 0.1) is 0 Å². The average molecular weight is 304 g/mol. The summed E-state index contributed by atoms with van der Waals surface area (Å²) >= 11 is 0. The van der Waals surface area contributed by atoms with Gasteiger partial charge >= 0.3 is 0 Å². The molecule has 2 rings (SSSR count). The van der Waals surface area contributed by atoms with Crippen LogP contribution in [-0.4, -0.2) is 48.0 Å². The van der Waals surface area contributed by atoms with Crippen LogP contribution >= 0.6 is 0 Å². The highest BCUT2D eigenvalue weighted by atomic mass is 16.5. The van der Waals surface area contributed by atoms with Gasteiger partial charge in [-0.3, -0.25) is 9.69 Å². The summed E-state index contributed by atoms with van der Waals surface area (Å²) in [5.41, 5.74) is 1.09. The predicted octanol–water partition coefficient (Wildman–Crippen LogP) is 2.92. The molecule has 0 aliphatic carbocycles. The molecule has 4 nitrogen and oxygen atoms in total. The minimum Gasteiger partial charge on any atom is -0.492 e. The van der Waals surface area contributed by atoms with E-state index in [0.717, 1.165) is 43.8 Å². The predicted molar refractivity (Wildman–Crippen MR) is 89.0 cm³/mol. The van der Waals surface area contributed by atoms with Gasteiger partial charge in [0.05, 0.1) is 0 Å². The summed E-state index contributed by atoms with van der Waals surface area (Å²) in [5.74, 6) is 1.03. The maximum absolute atomic E-state index is 11.9. The molecule has 22 heavy (non-hydrogen) atoms. The summed E-state index contributed by atoms with van der Waals surface area (Å²) in [7, 11) is 0. The normalized spacial score (nSPS) is 18.1. The van der Waals surface area contributed by atoms with Crippen molar-refractivity contribution >= 4 is 5.91 Å². The van der Waals surface area contributed by atoms with Gasteiger partial charge in [0.1, 0.15) is 12.4 Å². The van der Waals surface area contributed by atoms with Crippen molar-refractivity contribution in [1.82, 2.24) is 9.80 Å². The topological polar surface area (TPSA) is 32.8 Å². The van der Waals surface area contributed by atoms with Crippen molar-refractivity contribution in [2.24, 2.45) is 0 Å². The van der Waals surface area contributed by atoms with Gasteiger partial charge in [-0.2, -0.15) is 0 Å². The van der Waals surface area contributed by atoms with E-state index in [2.05, 4.69) is 24.8 Å². The molecular formula is C18H28N2O2. The first kappa shape index (κ1) is 16.8. The Kier molecular flexibility index (Phi) is 6.25. The van der Waals surface area contributed by atoms with Gasteiger partial charge in [0.15, 0.2) is 0 Å². The van der Waals surface area contributed by atoms with Crippen molar-refractivity contribution in [1.29, 1.82) is 0 Å². The molecule has 1 aliphatic heterocycles. The van der Waals surface area contributed by atoms with Crippen LogP contribution in [0.1, 0.15) is 39.2 Å². The van der Waals surface area contributed by atoms with Crippen LogP contribution in [0.25, 0.3) is 0 Å². The molecule has 0 aromatic heterocycles. The van der Waals surface area contributed by atoms with Gasteiger partial charge in [-0.15, -0.1) is 0 Å². The van der Waals surface area contributed by atoms with E-state index < -0.39 is 0 Å². The molecule has 4 heteroatoms. The standard InChI is InChI=1S/C18H28N2O2/c1-15(2)19-10-6-7-11-20(16(3)21)14-17-8-4-5-9-18(17)22-13-12-19/h4-5,8-9,15H,6-7,10-14H2,1-3H3. The van der Waals surface area contributed by atoms with Crippen LogP contribution in [0.15, 0.2) is 24.3 Å². The fourth-order valence-corrected chi connectivity index (χ4v) is 2.85. The van der Waals surface area contributed by atoms with Crippen LogP contribution in [0.2, 0.25) is 0 Å². The fourth-order valence-electron chi connectivity index (χ4n) is 2.85. The molecule has 0 saturated heterocycles. The summed E-state index contributed by atoms with van der Waals surface area (Å²) in [4.78, 5) is 16.2. The third kappa shape index (κ3) is 4.73. The van der Waals surface area contributed by atoms with Gasteiger partial charge in [0, 0.05) is 38.2 Å². The second-order valence-corrected chi connectivity index (χ2v) is 6.23. The van der Waals surface area contributed by atoms with Crippen molar-refractivity contribution in [3.05, 3.63) is 29.8 Å². The third-order valence-corrected chi connectivity index (χ3v) is 4.27. The number of ether oxygens (including phenoxy) is 1. The zero-order valence-electron chi connectivity index (χ0n) is 14.0. The molecule has 0 N–H and O–H groups in total. The number of benzene rings is 1. The minimum atomic E-state index is 0.132. The van der Waals surface area contributed by atoms with Crippen molar-refractivity contribution in [2.75, 3.05) is 26.2 Å². The number of para-hydroxylation sites is 1. The van der Waals surface area contributed by atoms with Crippen LogP contribution in [0.4, 0.5) is 0 Å². The van der Waals surface area contributed by atoms with E-state index in [9.17, 15) is 4.79 Å². The van der Waals surface area contributed by atoms with Crippen LogP contribution in [0.5, 0.6) is 5.75 Å². The average Bonchev–Trinajstić information content (AvgIpc) is 2.47. The second-order valence-electron chi connectivity index (χ2n) is 6.23. The van der Waals surface area contributed by atoms with E-state index in [1.54, 1.807) is 6.92 Å². The van der Waals surface area contributed by atoms with E-state index in [1.165, 1.54) is 0 Å². The molecule has 0 radical (unpaired) electrons. The molecule has 1 heterocycles. The molecular weight excluding hydrogens is 276 g/mol. The Hall–Kier alpha value is -1.55. The molecule has 1 aliphatic rings. The lowest BCUT2D eigenvalue weighted by molar-refractivity contribution is -0.129. The smallest absolute Gasteiger partial charge is 0.219 e. The zero-order chi connectivity index (χ0) is 15.9. The van der Waals surface area contributed by atoms with E-state index >= 15 is 0 Å². The first-order valence-electron chi connectivity index (χ1n) is 8.28. The van der Waals surface area contributed by atoms with Gasteiger partial charge in [0.2, 0.25) is 5.91 Å². The number of nitrogens with zero attached hydrogens (tertiary/aromatic N) is 2. The Balaban J connectivity index is 2.16. The Morgan fingerprint density at radius 1 is 1.14 bits per heavy atom. The summed E-state index contributed by atoms with van der Waals surface area (Å²) < 4.78 is 5.99. The molecule has 122 valence electrons. The number of carbonyl (C=O) groups excluding carboxylic acids is 1. The van der Waals surface area contributed by atoms with Gasteiger partial charge in [-0.05, 0) is 39.3 Å². The first-order valence-corrected chi connectivity index (χ1v) is 8.28. The van der Waals surface area contributed by atoms with E-state index in [1.807, 2.05) is 23.1 Å². The largest absolute Gasteiger partial charge is 0.492 e. The minimum absolute atomic E-state index is 0.132. The zero-order valence-corrected chi connectivity index (χ0v) is 14.0. The second kappa shape index (κ2) is 8.18. The molecule has 1 aromatic rings. The van der Waals surface area contributed by atoms with Gasteiger partial charge in [0.25, 0.3) is 0 Å². The molecule has 1 aromatic carbocycles. The van der Waals surface area contributed by atoms with Crippen LogP contribution < -0.4 is 4.74 Å². The quantitative estimate of drug-likeness (QED) is 0.800. The summed E-state index contributed by atoms with van der Waals surface area (Å²) in [5, 5.41) is 0. The number of amides is 1. The lowest BCUT2D eigenvalue weighted by atomic mass is 10.1. The van der Waals surface area contributed by atoms with E-state index in [4.69, 9.17) is 4.74 Å². The highest BCUT2D eigenvalue weighted by Gasteiger charge is 2.15. The lowest BCUT2D eigenvalue weighted by Crippen LogP contribution is -2.36. The highest BCUT2D eigenvalue weighted by molar-refractivity contribution is 5.73. The molecule has 0 unspecified atom stereocenters. The molecule has 0 bridgehead atoms.